The molecule has 2 rings (SSSR count). The molecule has 2 aromatic rings. The van der Waals surface area contributed by atoms with E-state index in [-0.39, 0.29) is 18.0 Å². The van der Waals surface area contributed by atoms with E-state index in [0.717, 1.165) is 17.7 Å². The number of hydrogen-bond donors (Lipinski definition) is 2. The predicted molar refractivity (Wildman–Crippen MR) is 96.9 cm³/mol. The third kappa shape index (κ3) is 4.81. The molecule has 0 aliphatic heterocycles. The highest BCUT2D eigenvalue weighted by Crippen LogP contribution is 2.22. The summed E-state index contributed by atoms with van der Waals surface area (Å²) in [6.45, 7) is 5.96. The third-order valence-corrected chi connectivity index (χ3v) is 4.24. The Kier molecular flexibility index (Phi) is 6.20. The van der Waals surface area contributed by atoms with Crippen LogP contribution in [0.5, 0.6) is 0 Å². The zero-order valence-electron chi connectivity index (χ0n) is 13.8. The molecule has 0 spiro atoms. The SMILES string of the molecule is CCc1ccc(NC(=O)[C@H](C)N[C@@H](C)c2ccccc2Cl)cc1. The van der Waals surface area contributed by atoms with Gasteiger partial charge in [-0.05, 0) is 49.6 Å². The molecule has 0 heterocycles. The van der Waals surface area contributed by atoms with Gasteiger partial charge in [0.25, 0.3) is 0 Å². The summed E-state index contributed by atoms with van der Waals surface area (Å²) in [7, 11) is 0. The van der Waals surface area contributed by atoms with Crippen LogP contribution in [0.25, 0.3) is 0 Å². The van der Waals surface area contributed by atoms with Gasteiger partial charge in [-0.25, -0.2) is 0 Å². The molecule has 4 heteroatoms. The van der Waals surface area contributed by atoms with Crippen molar-refractivity contribution in [2.24, 2.45) is 0 Å². The van der Waals surface area contributed by atoms with E-state index in [0.29, 0.717) is 5.02 Å². The topological polar surface area (TPSA) is 41.1 Å². The van der Waals surface area contributed by atoms with Gasteiger partial charge in [-0.3, -0.25) is 10.1 Å². The number of hydrogen-bond acceptors (Lipinski definition) is 2. The molecule has 0 radical (unpaired) electrons. The van der Waals surface area contributed by atoms with Gasteiger partial charge in [0.2, 0.25) is 5.91 Å². The number of carbonyl (C=O) groups is 1. The number of amides is 1. The van der Waals surface area contributed by atoms with Crippen LogP contribution in [0, 0.1) is 0 Å². The van der Waals surface area contributed by atoms with Crippen molar-refractivity contribution < 1.29 is 4.79 Å². The quantitative estimate of drug-likeness (QED) is 0.814. The summed E-state index contributed by atoms with van der Waals surface area (Å²) in [6.07, 6.45) is 0.988. The summed E-state index contributed by atoms with van der Waals surface area (Å²) in [5.41, 5.74) is 3.05. The molecule has 23 heavy (non-hydrogen) atoms. The first-order chi connectivity index (χ1) is 11.0. The van der Waals surface area contributed by atoms with Crippen molar-refractivity contribution in [3.63, 3.8) is 0 Å². The summed E-state index contributed by atoms with van der Waals surface area (Å²) in [5, 5.41) is 6.92. The maximum Gasteiger partial charge on any atom is 0.241 e. The van der Waals surface area contributed by atoms with Crippen LogP contribution < -0.4 is 10.6 Å². The second kappa shape index (κ2) is 8.14. The highest BCUT2D eigenvalue weighted by Gasteiger charge is 2.17. The fraction of sp³-hybridized carbons (Fsp3) is 0.316. The predicted octanol–water partition coefficient (Wildman–Crippen LogP) is 4.58. The van der Waals surface area contributed by atoms with Crippen molar-refractivity contribution in [2.45, 2.75) is 39.3 Å². The first-order valence-electron chi connectivity index (χ1n) is 7.91. The smallest absolute Gasteiger partial charge is 0.241 e. The largest absolute Gasteiger partial charge is 0.325 e. The van der Waals surface area contributed by atoms with E-state index in [1.54, 1.807) is 0 Å². The van der Waals surface area contributed by atoms with Crippen molar-refractivity contribution >= 4 is 23.2 Å². The summed E-state index contributed by atoms with van der Waals surface area (Å²) in [5.74, 6) is -0.0619. The van der Waals surface area contributed by atoms with Gasteiger partial charge in [0.15, 0.2) is 0 Å². The monoisotopic (exact) mass is 330 g/mol. The third-order valence-electron chi connectivity index (χ3n) is 3.89. The van der Waals surface area contributed by atoms with Crippen LogP contribution in [0.1, 0.15) is 37.9 Å². The molecule has 0 unspecified atom stereocenters. The van der Waals surface area contributed by atoms with Crippen LogP contribution in [-0.4, -0.2) is 11.9 Å². The fourth-order valence-electron chi connectivity index (χ4n) is 2.44. The van der Waals surface area contributed by atoms with Crippen molar-refractivity contribution in [1.82, 2.24) is 5.32 Å². The van der Waals surface area contributed by atoms with E-state index in [2.05, 4.69) is 17.6 Å². The number of halogens is 1. The Labute approximate surface area is 143 Å². The van der Waals surface area contributed by atoms with E-state index in [1.165, 1.54) is 5.56 Å². The first kappa shape index (κ1) is 17.5. The van der Waals surface area contributed by atoms with Crippen LogP contribution in [0.15, 0.2) is 48.5 Å². The maximum absolute atomic E-state index is 12.3. The van der Waals surface area contributed by atoms with E-state index in [9.17, 15) is 4.79 Å². The second-order valence-electron chi connectivity index (χ2n) is 5.67. The Hall–Kier alpha value is -1.84. The van der Waals surface area contributed by atoms with Gasteiger partial charge < -0.3 is 5.32 Å². The summed E-state index contributed by atoms with van der Waals surface area (Å²) < 4.78 is 0. The van der Waals surface area contributed by atoms with E-state index >= 15 is 0 Å². The average Bonchev–Trinajstić information content (AvgIpc) is 2.55. The summed E-state index contributed by atoms with van der Waals surface area (Å²) in [4.78, 5) is 12.3. The fourth-order valence-corrected chi connectivity index (χ4v) is 2.74. The van der Waals surface area contributed by atoms with Crippen LogP contribution in [0.3, 0.4) is 0 Å². The van der Waals surface area contributed by atoms with Crippen LogP contribution in [0.2, 0.25) is 5.02 Å². The molecule has 2 atom stereocenters. The van der Waals surface area contributed by atoms with E-state index < -0.39 is 0 Å². The van der Waals surface area contributed by atoms with Gasteiger partial charge >= 0.3 is 0 Å². The number of benzene rings is 2. The molecule has 122 valence electrons. The minimum atomic E-state index is -0.327. The lowest BCUT2D eigenvalue weighted by Gasteiger charge is -2.21. The molecule has 0 saturated carbocycles. The zero-order valence-corrected chi connectivity index (χ0v) is 14.5. The first-order valence-corrected chi connectivity index (χ1v) is 8.29. The summed E-state index contributed by atoms with van der Waals surface area (Å²) in [6, 6.07) is 15.2. The zero-order chi connectivity index (χ0) is 16.8. The molecule has 0 aliphatic carbocycles. The van der Waals surface area contributed by atoms with Gasteiger partial charge in [0.05, 0.1) is 6.04 Å². The van der Waals surface area contributed by atoms with E-state index in [4.69, 9.17) is 11.6 Å². The molecular weight excluding hydrogens is 308 g/mol. The molecule has 0 bridgehead atoms. The molecule has 0 fully saturated rings. The number of anilines is 1. The van der Waals surface area contributed by atoms with Gasteiger partial charge in [-0.2, -0.15) is 0 Å². The molecular formula is C19H23ClN2O. The molecule has 2 N–H and O–H groups in total. The Balaban J connectivity index is 1.95. The molecule has 2 aromatic carbocycles. The lowest BCUT2D eigenvalue weighted by molar-refractivity contribution is -0.117. The van der Waals surface area contributed by atoms with Crippen molar-refractivity contribution in [1.29, 1.82) is 0 Å². The van der Waals surface area contributed by atoms with Crippen LogP contribution in [-0.2, 0) is 11.2 Å². The molecule has 1 amide bonds. The normalized spacial score (nSPS) is 13.4. The number of aryl methyl sites for hydroxylation is 1. The highest BCUT2D eigenvalue weighted by molar-refractivity contribution is 6.31. The lowest BCUT2D eigenvalue weighted by Crippen LogP contribution is -2.39. The van der Waals surface area contributed by atoms with E-state index in [1.807, 2.05) is 62.4 Å². The minimum absolute atomic E-state index is 0.00748. The average molecular weight is 331 g/mol. The number of carbonyl (C=O) groups excluding carboxylic acids is 1. The molecule has 0 saturated heterocycles. The Morgan fingerprint density at radius 3 is 2.35 bits per heavy atom. The van der Waals surface area contributed by atoms with Gasteiger partial charge in [-0.15, -0.1) is 0 Å². The van der Waals surface area contributed by atoms with Gasteiger partial charge in [0.1, 0.15) is 0 Å². The Morgan fingerprint density at radius 1 is 1.09 bits per heavy atom. The van der Waals surface area contributed by atoms with Gasteiger partial charge in [0, 0.05) is 16.8 Å². The Bertz CT molecular complexity index is 655. The van der Waals surface area contributed by atoms with Crippen LogP contribution >= 0.6 is 11.6 Å². The molecule has 0 aromatic heterocycles. The summed E-state index contributed by atoms with van der Waals surface area (Å²) >= 11 is 6.20. The minimum Gasteiger partial charge on any atom is -0.325 e. The number of nitrogens with one attached hydrogen (secondary N) is 2. The molecule has 3 nitrogen and oxygen atoms in total. The van der Waals surface area contributed by atoms with Crippen molar-refractivity contribution in [2.75, 3.05) is 5.32 Å². The second-order valence-corrected chi connectivity index (χ2v) is 6.08. The van der Waals surface area contributed by atoms with Crippen molar-refractivity contribution in [3.8, 4) is 0 Å². The lowest BCUT2D eigenvalue weighted by atomic mass is 10.1. The van der Waals surface area contributed by atoms with Gasteiger partial charge in [-0.1, -0.05) is 48.9 Å². The van der Waals surface area contributed by atoms with Crippen molar-refractivity contribution in [3.05, 3.63) is 64.7 Å². The Morgan fingerprint density at radius 2 is 1.74 bits per heavy atom. The maximum atomic E-state index is 12.3. The highest BCUT2D eigenvalue weighted by atomic mass is 35.5. The standard InChI is InChI=1S/C19H23ClN2O/c1-4-15-9-11-16(12-10-15)22-19(23)14(3)21-13(2)17-7-5-6-8-18(17)20/h5-14,21H,4H2,1-3H3,(H,22,23)/t13-,14-/m0/s1. The van der Waals surface area contributed by atoms with Crippen LogP contribution in [0.4, 0.5) is 5.69 Å². The molecule has 0 aliphatic rings. The number of rotatable bonds is 6.